The van der Waals surface area contributed by atoms with E-state index < -0.39 is 0 Å². The Hall–Kier alpha value is -1.82. The quantitative estimate of drug-likeness (QED) is 0.231. The second-order valence-corrected chi connectivity index (χ2v) is 7.89. The summed E-state index contributed by atoms with van der Waals surface area (Å²) in [4.78, 5) is 35.0. The SMILES string of the molecule is CCNC(=NCCCN1CCCC(C(N)=O)C1)N1CCN(C(=O)c2ccco2)CC1.I. The van der Waals surface area contributed by atoms with E-state index in [-0.39, 0.29) is 41.7 Å². The fraction of sp³-hybridized carbons (Fsp3) is 0.667. The molecule has 1 aromatic rings. The first-order valence-electron chi connectivity index (χ1n) is 11.0. The number of nitrogens with one attached hydrogen (secondary N) is 1. The van der Waals surface area contributed by atoms with Crippen LogP contribution in [0.2, 0.25) is 0 Å². The van der Waals surface area contributed by atoms with Gasteiger partial charge in [-0.2, -0.15) is 0 Å². The van der Waals surface area contributed by atoms with Crippen molar-refractivity contribution in [3.63, 3.8) is 0 Å². The smallest absolute Gasteiger partial charge is 0.289 e. The summed E-state index contributed by atoms with van der Waals surface area (Å²) in [6.07, 6.45) is 4.40. The van der Waals surface area contributed by atoms with E-state index in [1.165, 1.54) is 6.26 Å². The molecule has 2 fully saturated rings. The van der Waals surface area contributed by atoms with Gasteiger partial charge in [0, 0.05) is 45.8 Å². The molecule has 9 nitrogen and oxygen atoms in total. The third-order valence-electron chi connectivity index (χ3n) is 5.74. The highest BCUT2D eigenvalue weighted by molar-refractivity contribution is 14.0. The minimum Gasteiger partial charge on any atom is -0.459 e. The molecule has 2 amide bonds. The zero-order valence-electron chi connectivity index (χ0n) is 18.3. The predicted octanol–water partition coefficient (Wildman–Crippen LogP) is 1.21. The number of rotatable bonds is 7. The fourth-order valence-corrected chi connectivity index (χ4v) is 4.07. The van der Waals surface area contributed by atoms with Gasteiger partial charge in [0.1, 0.15) is 0 Å². The molecular weight excluding hydrogens is 511 g/mol. The highest BCUT2D eigenvalue weighted by Gasteiger charge is 2.25. The largest absolute Gasteiger partial charge is 0.459 e. The molecule has 2 aliphatic heterocycles. The van der Waals surface area contributed by atoms with Gasteiger partial charge in [0.05, 0.1) is 12.2 Å². The molecule has 1 unspecified atom stereocenters. The number of hydrogen-bond acceptors (Lipinski definition) is 5. The monoisotopic (exact) mass is 546 g/mol. The number of likely N-dealkylation sites (tertiary alicyclic amines) is 1. The van der Waals surface area contributed by atoms with Gasteiger partial charge >= 0.3 is 0 Å². The Morgan fingerprint density at radius 3 is 2.61 bits per heavy atom. The van der Waals surface area contributed by atoms with E-state index in [9.17, 15) is 9.59 Å². The Morgan fingerprint density at radius 1 is 1.23 bits per heavy atom. The molecule has 3 heterocycles. The lowest BCUT2D eigenvalue weighted by atomic mass is 9.97. The molecule has 3 N–H and O–H groups in total. The van der Waals surface area contributed by atoms with E-state index in [0.717, 1.165) is 71.0 Å². The number of piperazine rings is 1. The molecule has 3 rings (SSSR count). The van der Waals surface area contributed by atoms with Crippen molar-refractivity contribution in [1.29, 1.82) is 0 Å². The van der Waals surface area contributed by atoms with Gasteiger partial charge in [-0.1, -0.05) is 0 Å². The number of aliphatic imine (C=N–C) groups is 1. The average Bonchev–Trinajstić information content (AvgIpc) is 3.31. The Labute approximate surface area is 201 Å². The molecule has 0 saturated carbocycles. The molecule has 2 aliphatic rings. The van der Waals surface area contributed by atoms with Crippen LogP contribution in [0.25, 0.3) is 0 Å². The minimum atomic E-state index is -0.183. The summed E-state index contributed by atoms with van der Waals surface area (Å²) in [5.41, 5.74) is 5.46. The lowest BCUT2D eigenvalue weighted by Crippen LogP contribution is -2.53. The Morgan fingerprint density at radius 2 is 1.97 bits per heavy atom. The van der Waals surface area contributed by atoms with Crippen molar-refractivity contribution in [2.45, 2.75) is 26.2 Å². The zero-order chi connectivity index (χ0) is 21.3. The first-order chi connectivity index (χ1) is 14.6. The van der Waals surface area contributed by atoms with Crippen LogP contribution in [0, 0.1) is 5.92 Å². The molecule has 0 aliphatic carbocycles. The lowest BCUT2D eigenvalue weighted by Gasteiger charge is -2.36. The number of nitrogens with two attached hydrogens (primary N) is 1. The summed E-state index contributed by atoms with van der Waals surface area (Å²) in [5.74, 6) is 1.03. The van der Waals surface area contributed by atoms with E-state index in [1.807, 2.05) is 4.90 Å². The first-order valence-corrected chi connectivity index (χ1v) is 11.0. The maximum atomic E-state index is 12.4. The lowest BCUT2D eigenvalue weighted by molar-refractivity contribution is -0.123. The van der Waals surface area contributed by atoms with E-state index in [0.29, 0.717) is 18.8 Å². The normalized spacial score (nSPS) is 20.3. The summed E-state index contributed by atoms with van der Waals surface area (Å²) in [6, 6.07) is 3.44. The number of guanidine groups is 1. The Balaban J connectivity index is 0.00000341. The van der Waals surface area contributed by atoms with Crippen LogP contribution in [-0.2, 0) is 4.79 Å². The van der Waals surface area contributed by atoms with Crippen LogP contribution < -0.4 is 11.1 Å². The number of halogens is 1. The van der Waals surface area contributed by atoms with Gasteiger partial charge in [-0.05, 0) is 51.4 Å². The van der Waals surface area contributed by atoms with Gasteiger partial charge in [-0.15, -0.1) is 24.0 Å². The number of carbonyl (C=O) groups is 2. The van der Waals surface area contributed by atoms with E-state index in [2.05, 4.69) is 22.0 Å². The molecule has 0 bridgehead atoms. The molecule has 10 heteroatoms. The van der Waals surface area contributed by atoms with Crippen molar-refractivity contribution in [3.05, 3.63) is 24.2 Å². The second kappa shape index (κ2) is 12.9. The number of piperidine rings is 1. The van der Waals surface area contributed by atoms with Gasteiger partial charge in [-0.25, -0.2) is 0 Å². The number of carbonyl (C=O) groups excluding carboxylic acids is 2. The summed E-state index contributed by atoms with van der Waals surface area (Å²) >= 11 is 0. The Kier molecular flexibility index (Phi) is 10.6. The minimum absolute atomic E-state index is 0. The molecule has 2 saturated heterocycles. The molecule has 1 atom stereocenters. The summed E-state index contributed by atoms with van der Waals surface area (Å²) in [7, 11) is 0. The van der Waals surface area contributed by atoms with E-state index in [1.54, 1.807) is 12.1 Å². The van der Waals surface area contributed by atoms with E-state index >= 15 is 0 Å². The van der Waals surface area contributed by atoms with Crippen molar-refractivity contribution in [3.8, 4) is 0 Å². The highest BCUT2D eigenvalue weighted by Crippen LogP contribution is 2.16. The van der Waals surface area contributed by atoms with Crippen molar-refractivity contribution in [2.75, 3.05) is 58.9 Å². The molecule has 0 aromatic carbocycles. The standard InChI is InChI=1S/C21H34N6O3.HI/c1-2-23-21(24-8-5-10-25-9-3-6-17(16-25)19(22)28)27-13-11-26(12-14-27)20(29)18-7-4-15-30-18;/h4,7,15,17H,2-3,5-6,8-14,16H2,1H3,(H2,22,28)(H,23,24);1H. The topological polar surface area (TPSA) is 107 Å². The van der Waals surface area contributed by atoms with Gasteiger partial charge in [0.25, 0.3) is 5.91 Å². The Bertz CT molecular complexity index is 719. The van der Waals surface area contributed by atoms with Crippen molar-refractivity contribution in [2.24, 2.45) is 16.6 Å². The number of nitrogens with zero attached hydrogens (tertiary/aromatic N) is 4. The number of hydrogen-bond donors (Lipinski definition) is 2. The molecule has 174 valence electrons. The van der Waals surface area contributed by atoms with Crippen LogP contribution in [0.1, 0.15) is 36.7 Å². The van der Waals surface area contributed by atoms with Crippen LogP contribution >= 0.6 is 24.0 Å². The maximum Gasteiger partial charge on any atom is 0.289 e. The average molecular weight is 546 g/mol. The molecular formula is C21H35IN6O3. The molecule has 0 spiro atoms. The summed E-state index contributed by atoms with van der Waals surface area (Å²) in [5, 5.41) is 3.36. The van der Waals surface area contributed by atoms with Crippen LogP contribution in [-0.4, -0.2) is 91.4 Å². The molecule has 1 aromatic heterocycles. The predicted molar refractivity (Wildman–Crippen MR) is 131 cm³/mol. The molecule has 31 heavy (non-hydrogen) atoms. The highest BCUT2D eigenvalue weighted by atomic mass is 127. The second-order valence-electron chi connectivity index (χ2n) is 7.89. The fourth-order valence-electron chi connectivity index (χ4n) is 4.07. The number of primary amides is 1. The van der Waals surface area contributed by atoms with Gasteiger partial charge in [-0.3, -0.25) is 14.6 Å². The van der Waals surface area contributed by atoms with Crippen molar-refractivity contribution < 1.29 is 14.0 Å². The van der Waals surface area contributed by atoms with Crippen molar-refractivity contribution >= 4 is 41.8 Å². The van der Waals surface area contributed by atoms with Gasteiger partial charge < -0.3 is 30.2 Å². The number of furan rings is 1. The summed E-state index contributed by atoms with van der Waals surface area (Å²) < 4.78 is 5.23. The summed E-state index contributed by atoms with van der Waals surface area (Å²) in [6.45, 7) is 9.09. The number of amides is 2. The van der Waals surface area contributed by atoms with Crippen LogP contribution in [0.5, 0.6) is 0 Å². The third-order valence-corrected chi connectivity index (χ3v) is 5.74. The van der Waals surface area contributed by atoms with Crippen LogP contribution in [0.4, 0.5) is 0 Å². The van der Waals surface area contributed by atoms with E-state index in [4.69, 9.17) is 15.1 Å². The first kappa shape index (κ1) is 25.4. The van der Waals surface area contributed by atoms with Gasteiger partial charge in [0.2, 0.25) is 5.91 Å². The van der Waals surface area contributed by atoms with Crippen LogP contribution in [0.3, 0.4) is 0 Å². The zero-order valence-corrected chi connectivity index (χ0v) is 20.6. The van der Waals surface area contributed by atoms with Crippen LogP contribution in [0.15, 0.2) is 27.8 Å². The molecule has 0 radical (unpaired) electrons. The maximum absolute atomic E-state index is 12.4. The van der Waals surface area contributed by atoms with Gasteiger partial charge in [0.15, 0.2) is 11.7 Å². The van der Waals surface area contributed by atoms with Crippen molar-refractivity contribution in [1.82, 2.24) is 20.0 Å². The third kappa shape index (κ3) is 7.37.